The number of likely N-dealkylation sites (tertiary alicyclic amines) is 1. The number of esters is 1. The number of rotatable bonds is 1. The molecule has 3 nitrogen and oxygen atoms in total. The molecule has 0 N–H and O–H groups in total. The van der Waals surface area contributed by atoms with Crippen molar-refractivity contribution < 1.29 is 9.53 Å². The predicted octanol–water partition coefficient (Wildman–Crippen LogP) is 2.63. The molecule has 1 fully saturated rings. The molecule has 0 aromatic carbocycles. The molecule has 0 aliphatic carbocycles. The quantitative estimate of drug-likeness (QED) is 0.533. The van der Waals surface area contributed by atoms with E-state index < -0.39 is 5.41 Å². The molecule has 0 saturated carbocycles. The maximum atomic E-state index is 11.7. The first-order valence-electron chi connectivity index (χ1n) is 6.02. The average molecular weight is 257 g/mol. The summed E-state index contributed by atoms with van der Waals surface area (Å²) in [6.45, 7) is 13.4. The molecule has 0 bridgehead atoms. The van der Waals surface area contributed by atoms with Gasteiger partial charge in [0, 0.05) is 5.41 Å². The van der Waals surface area contributed by atoms with Crippen LogP contribution in [0.5, 0.6) is 0 Å². The number of nitrogens with zero attached hydrogens (tertiary/aromatic N) is 1. The summed E-state index contributed by atoms with van der Waals surface area (Å²) in [7, 11) is 0. The monoisotopic (exact) mass is 257 g/mol. The Labute approximate surface area is 110 Å². The highest BCUT2D eigenvalue weighted by Gasteiger charge is 2.37. The number of ether oxygens (including phenoxy) is 1. The van der Waals surface area contributed by atoms with E-state index in [1.807, 2.05) is 20.8 Å². The third-order valence-corrected chi connectivity index (χ3v) is 3.53. The van der Waals surface area contributed by atoms with Gasteiger partial charge in [0.2, 0.25) is 0 Å². The number of carbonyl (C=O) groups excluding carboxylic acids is 1. The minimum absolute atomic E-state index is 0.00187. The number of thiocarbonyl (C=S) groups is 1. The first kappa shape index (κ1) is 14.4. The van der Waals surface area contributed by atoms with Crippen LogP contribution < -0.4 is 0 Å². The van der Waals surface area contributed by atoms with Crippen molar-refractivity contribution in [3.05, 3.63) is 0 Å². The molecule has 0 aromatic heterocycles. The standard InChI is InChI=1S/C13H23NO2S/c1-12(2,3)10(17)14-7-9(8-14)16-11(15)13(4,5)6/h9H,7-8H2,1-6H3. The smallest absolute Gasteiger partial charge is 0.311 e. The summed E-state index contributed by atoms with van der Waals surface area (Å²) in [5.74, 6) is -0.135. The van der Waals surface area contributed by atoms with Crippen molar-refractivity contribution >= 4 is 23.2 Å². The van der Waals surface area contributed by atoms with E-state index in [1.54, 1.807) is 0 Å². The summed E-state index contributed by atoms with van der Waals surface area (Å²) in [5, 5.41) is 0. The lowest BCUT2D eigenvalue weighted by Gasteiger charge is -2.44. The lowest BCUT2D eigenvalue weighted by atomic mass is 9.93. The molecule has 0 radical (unpaired) electrons. The molecule has 1 rings (SSSR count). The van der Waals surface area contributed by atoms with Crippen LogP contribution in [0.3, 0.4) is 0 Å². The lowest BCUT2D eigenvalue weighted by Crippen LogP contribution is -2.57. The first-order valence-corrected chi connectivity index (χ1v) is 6.43. The van der Waals surface area contributed by atoms with Crippen LogP contribution >= 0.6 is 12.2 Å². The van der Waals surface area contributed by atoms with Gasteiger partial charge in [0.15, 0.2) is 0 Å². The van der Waals surface area contributed by atoms with Gasteiger partial charge >= 0.3 is 5.97 Å². The number of hydrogen-bond donors (Lipinski definition) is 0. The minimum atomic E-state index is -0.426. The van der Waals surface area contributed by atoms with Crippen molar-refractivity contribution in [3.63, 3.8) is 0 Å². The number of hydrogen-bond acceptors (Lipinski definition) is 3. The molecular formula is C13H23NO2S. The zero-order valence-electron chi connectivity index (χ0n) is 11.7. The van der Waals surface area contributed by atoms with E-state index in [4.69, 9.17) is 17.0 Å². The molecule has 1 aliphatic heterocycles. The molecule has 0 spiro atoms. The maximum Gasteiger partial charge on any atom is 0.311 e. The van der Waals surface area contributed by atoms with Gasteiger partial charge in [-0.25, -0.2) is 0 Å². The van der Waals surface area contributed by atoms with Crippen LogP contribution in [0.25, 0.3) is 0 Å². The van der Waals surface area contributed by atoms with E-state index in [-0.39, 0.29) is 17.5 Å². The lowest BCUT2D eigenvalue weighted by molar-refractivity contribution is -0.164. The largest absolute Gasteiger partial charge is 0.458 e. The fourth-order valence-electron chi connectivity index (χ4n) is 1.48. The predicted molar refractivity (Wildman–Crippen MR) is 73.0 cm³/mol. The number of carbonyl (C=O) groups is 1. The van der Waals surface area contributed by atoms with Gasteiger partial charge in [0.05, 0.1) is 23.5 Å². The van der Waals surface area contributed by atoms with Crippen molar-refractivity contribution in [3.8, 4) is 0 Å². The second-order valence-electron chi connectivity index (χ2n) is 6.74. The van der Waals surface area contributed by atoms with Gasteiger partial charge in [-0.15, -0.1) is 0 Å². The van der Waals surface area contributed by atoms with Gasteiger partial charge in [-0.1, -0.05) is 33.0 Å². The zero-order valence-corrected chi connectivity index (χ0v) is 12.5. The van der Waals surface area contributed by atoms with Crippen LogP contribution in [0.1, 0.15) is 41.5 Å². The SMILES string of the molecule is CC(C)(C)C(=O)OC1CN(C(=S)C(C)(C)C)C1. The van der Waals surface area contributed by atoms with E-state index in [0.29, 0.717) is 0 Å². The van der Waals surface area contributed by atoms with Crippen LogP contribution in [0, 0.1) is 10.8 Å². The summed E-state index contributed by atoms with van der Waals surface area (Å²) < 4.78 is 5.40. The minimum Gasteiger partial charge on any atom is -0.458 e. The van der Waals surface area contributed by atoms with Gasteiger partial charge in [0.25, 0.3) is 0 Å². The van der Waals surface area contributed by atoms with Gasteiger partial charge in [0.1, 0.15) is 6.10 Å². The fourth-order valence-corrected chi connectivity index (χ4v) is 1.63. The first-order chi connectivity index (χ1) is 7.51. The molecule has 1 saturated heterocycles. The third kappa shape index (κ3) is 3.66. The van der Waals surface area contributed by atoms with E-state index in [9.17, 15) is 4.79 Å². The van der Waals surface area contributed by atoms with E-state index in [2.05, 4.69) is 25.7 Å². The van der Waals surface area contributed by atoms with Crippen molar-refractivity contribution in [2.24, 2.45) is 10.8 Å². The molecule has 4 heteroatoms. The Morgan fingerprint density at radius 1 is 1.12 bits per heavy atom. The van der Waals surface area contributed by atoms with Crippen molar-refractivity contribution in [2.75, 3.05) is 13.1 Å². The van der Waals surface area contributed by atoms with Crippen LogP contribution in [-0.2, 0) is 9.53 Å². The zero-order chi connectivity index (χ0) is 13.4. The van der Waals surface area contributed by atoms with Crippen LogP contribution in [0.4, 0.5) is 0 Å². The Morgan fingerprint density at radius 2 is 1.59 bits per heavy atom. The second-order valence-corrected chi connectivity index (χ2v) is 7.12. The van der Waals surface area contributed by atoms with Gasteiger partial charge < -0.3 is 9.64 Å². The van der Waals surface area contributed by atoms with Gasteiger partial charge in [-0.05, 0) is 20.8 Å². The molecule has 0 aromatic rings. The molecular weight excluding hydrogens is 234 g/mol. The van der Waals surface area contributed by atoms with E-state index in [0.717, 1.165) is 18.1 Å². The summed E-state index contributed by atoms with van der Waals surface area (Å²) in [6, 6.07) is 0. The normalized spacial score (nSPS) is 17.6. The third-order valence-electron chi connectivity index (χ3n) is 2.66. The molecule has 17 heavy (non-hydrogen) atoms. The van der Waals surface area contributed by atoms with E-state index in [1.165, 1.54) is 0 Å². The van der Waals surface area contributed by atoms with Gasteiger partial charge in [-0.3, -0.25) is 4.79 Å². The van der Waals surface area contributed by atoms with Crippen LogP contribution in [0.15, 0.2) is 0 Å². The Hall–Kier alpha value is -0.640. The van der Waals surface area contributed by atoms with Crippen LogP contribution in [0.2, 0.25) is 0 Å². The molecule has 1 aliphatic rings. The average Bonchev–Trinajstić information content (AvgIpc) is 2.05. The van der Waals surface area contributed by atoms with Crippen molar-refractivity contribution in [1.82, 2.24) is 4.90 Å². The Bertz CT molecular complexity index is 319. The Kier molecular flexibility index (Phi) is 3.87. The summed E-state index contributed by atoms with van der Waals surface area (Å²) in [4.78, 5) is 14.7. The Morgan fingerprint density at radius 3 is 1.94 bits per heavy atom. The molecule has 0 atom stereocenters. The summed E-state index contributed by atoms with van der Waals surface area (Å²) in [5.41, 5.74) is -0.417. The maximum absolute atomic E-state index is 11.7. The summed E-state index contributed by atoms with van der Waals surface area (Å²) >= 11 is 5.39. The fraction of sp³-hybridized carbons (Fsp3) is 0.846. The van der Waals surface area contributed by atoms with Crippen molar-refractivity contribution in [2.45, 2.75) is 47.6 Å². The Balaban J connectivity index is 2.39. The highest BCUT2D eigenvalue weighted by Crippen LogP contribution is 2.26. The molecule has 1 heterocycles. The van der Waals surface area contributed by atoms with Crippen LogP contribution in [-0.4, -0.2) is 35.1 Å². The highest BCUT2D eigenvalue weighted by molar-refractivity contribution is 7.80. The molecule has 0 amide bonds. The highest BCUT2D eigenvalue weighted by atomic mass is 32.1. The topological polar surface area (TPSA) is 29.5 Å². The van der Waals surface area contributed by atoms with Crippen molar-refractivity contribution in [1.29, 1.82) is 0 Å². The molecule has 98 valence electrons. The van der Waals surface area contributed by atoms with Gasteiger partial charge in [-0.2, -0.15) is 0 Å². The summed E-state index contributed by atoms with van der Waals surface area (Å²) in [6.07, 6.45) is 0.00187. The molecule has 0 unspecified atom stereocenters. The second kappa shape index (κ2) is 4.56. The van der Waals surface area contributed by atoms with E-state index >= 15 is 0 Å².